The van der Waals surface area contributed by atoms with Crippen LogP contribution in [0.25, 0.3) is 21.3 Å². The largest absolute Gasteiger partial charge is 0.339 e. The molecule has 0 bridgehead atoms. The maximum absolute atomic E-state index is 6.18. The standard InChI is InChI=1S/C21H18ClN3S/c1-12-8-9-15(14(3)10-12)16-11-26-20-18(16)19(24-21(22)25-20)23-17-7-5-4-6-13(17)2/h4-11H,1-3H3,(H,23,24,25). The number of nitrogens with one attached hydrogen (secondary N) is 1. The Kier molecular flexibility index (Phi) is 4.39. The summed E-state index contributed by atoms with van der Waals surface area (Å²) in [7, 11) is 0. The Morgan fingerprint density at radius 1 is 0.923 bits per heavy atom. The van der Waals surface area contributed by atoms with E-state index in [0.29, 0.717) is 0 Å². The lowest BCUT2D eigenvalue weighted by molar-refractivity contribution is 1.23. The number of aryl methyl sites for hydroxylation is 3. The van der Waals surface area contributed by atoms with E-state index in [0.717, 1.165) is 32.8 Å². The van der Waals surface area contributed by atoms with Gasteiger partial charge in [-0.15, -0.1) is 11.3 Å². The first-order chi connectivity index (χ1) is 12.5. The van der Waals surface area contributed by atoms with E-state index >= 15 is 0 Å². The van der Waals surface area contributed by atoms with Gasteiger partial charge in [0.15, 0.2) is 0 Å². The minimum absolute atomic E-state index is 0.252. The van der Waals surface area contributed by atoms with Crippen molar-refractivity contribution >= 4 is 44.7 Å². The molecule has 0 saturated carbocycles. The Hall–Kier alpha value is -2.43. The maximum atomic E-state index is 6.18. The summed E-state index contributed by atoms with van der Waals surface area (Å²) in [6, 6.07) is 14.6. The van der Waals surface area contributed by atoms with Crippen LogP contribution in [0.5, 0.6) is 0 Å². The Morgan fingerprint density at radius 3 is 2.50 bits per heavy atom. The van der Waals surface area contributed by atoms with Crippen molar-refractivity contribution in [1.29, 1.82) is 0 Å². The first kappa shape index (κ1) is 17.0. The van der Waals surface area contributed by atoms with Gasteiger partial charge in [-0.2, -0.15) is 4.98 Å². The van der Waals surface area contributed by atoms with Crippen LogP contribution in [0.3, 0.4) is 0 Å². The summed E-state index contributed by atoms with van der Waals surface area (Å²) in [6.45, 7) is 6.31. The van der Waals surface area contributed by atoms with Gasteiger partial charge in [-0.1, -0.05) is 42.0 Å². The van der Waals surface area contributed by atoms with E-state index in [1.165, 1.54) is 16.7 Å². The fraction of sp³-hybridized carbons (Fsp3) is 0.143. The first-order valence-corrected chi connectivity index (χ1v) is 9.63. The molecule has 0 atom stereocenters. The van der Waals surface area contributed by atoms with Crippen molar-refractivity contribution < 1.29 is 0 Å². The van der Waals surface area contributed by atoms with Crippen molar-refractivity contribution in [2.45, 2.75) is 20.8 Å². The molecule has 0 fully saturated rings. The topological polar surface area (TPSA) is 37.8 Å². The van der Waals surface area contributed by atoms with Gasteiger partial charge < -0.3 is 5.32 Å². The third-order valence-electron chi connectivity index (χ3n) is 4.48. The van der Waals surface area contributed by atoms with E-state index in [1.54, 1.807) is 11.3 Å². The normalized spacial score (nSPS) is 11.1. The summed E-state index contributed by atoms with van der Waals surface area (Å²) in [5, 5.41) is 6.85. The molecular formula is C21H18ClN3S. The third kappa shape index (κ3) is 3.06. The Morgan fingerprint density at radius 2 is 1.73 bits per heavy atom. The molecular weight excluding hydrogens is 362 g/mol. The van der Waals surface area contributed by atoms with Crippen molar-refractivity contribution in [1.82, 2.24) is 9.97 Å². The number of hydrogen-bond donors (Lipinski definition) is 1. The maximum Gasteiger partial charge on any atom is 0.225 e. The van der Waals surface area contributed by atoms with Crippen molar-refractivity contribution in [3.05, 3.63) is 69.8 Å². The second kappa shape index (κ2) is 6.71. The summed E-state index contributed by atoms with van der Waals surface area (Å²) in [5.74, 6) is 0.741. The fourth-order valence-corrected chi connectivity index (χ4v) is 4.32. The predicted octanol–water partition coefficient (Wildman–Crippen LogP) is 6.68. The van der Waals surface area contributed by atoms with E-state index in [2.05, 4.69) is 65.7 Å². The number of halogens is 1. The SMILES string of the molecule is Cc1ccc(-c2csc3nc(Cl)nc(Nc4ccccc4C)c23)c(C)c1. The van der Waals surface area contributed by atoms with Crippen LogP contribution < -0.4 is 5.32 Å². The number of hydrogen-bond acceptors (Lipinski definition) is 4. The van der Waals surface area contributed by atoms with Gasteiger partial charge in [0.2, 0.25) is 5.28 Å². The van der Waals surface area contributed by atoms with Gasteiger partial charge in [-0.25, -0.2) is 4.98 Å². The molecule has 1 N–H and O–H groups in total. The van der Waals surface area contributed by atoms with Crippen LogP contribution in [-0.4, -0.2) is 9.97 Å². The highest BCUT2D eigenvalue weighted by atomic mass is 35.5. The average Bonchev–Trinajstić information content (AvgIpc) is 3.00. The van der Waals surface area contributed by atoms with Crippen LogP contribution in [0.2, 0.25) is 5.28 Å². The molecule has 26 heavy (non-hydrogen) atoms. The minimum atomic E-state index is 0.252. The van der Waals surface area contributed by atoms with Gasteiger partial charge in [0, 0.05) is 16.6 Å². The Labute approximate surface area is 161 Å². The number of benzene rings is 2. The van der Waals surface area contributed by atoms with E-state index in [1.807, 2.05) is 18.2 Å². The number of fused-ring (bicyclic) bond motifs is 1. The molecule has 2 aromatic heterocycles. The molecule has 3 nitrogen and oxygen atoms in total. The molecule has 4 rings (SSSR count). The summed E-state index contributed by atoms with van der Waals surface area (Å²) >= 11 is 7.77. The lowest BCUT2D eigenvalue weighted by atomic mass is 9.99. The highest BCUT2D eigenvalue weighted by molar-refractivity contribution is 7.17. The van der Waals surface area contributed by atoms with E-state index in [9.17, 15) is 0 Å². The highest BCUT2D eigenvalue weighted by Crippen LogP contribution is 2.40. The molecule has 2 aromatic carbocycles. The number of aromatic nitrogens is 2. The molecule has 0 amide bonds. The molecule has 2 heterocycles. The molecule has 0 spiro atoms. The van der Waals surface area contributed by atoms with Crippen LogP contribution in [0, 0.1) is 20.8 Å². The van der Waals surface area contributed by atoms with Crippen LogP contribution in [-0.2, 0) is 0 Å². The van der Waals surface area contributed by atoms with Crippen LogP contribution in [0.4, 0.5) is 11.5 Å². The zero-order valence-corrected chi connectivity index (χ0v) is 16.4. The molecule has 0 saturated heterocycles. The summed E-state index contributed by atoms with van der Waals surface area (Å²) < 4.78 is 0. The highest BCUT2D eigenvalue weighted by Gasteiger charge is 2.16. The molecule has 5 heteroatoms. The van der Waals surface area contributed by atoms with Gasteiger partial charge in [0.05, 0.1) is 5.39 Å². The van der Waals surface area contributed by atoms with E-state index in [-0.39, 0.29) is 5.28 Å². The van der Waals surface area contributed by atoms with Crippen molar-refractivity contribution in [3.63, 3.8) is 0 Å². The summed E-state index contributed by atoms with van der Waals surface area (Å²) in [6.07, 6.45) is 0. The number of anilines is 2. The smallest absolute Gasteiger partial charge is 0.225 e. The van der Waals surface area contributed by atoms with E-state index < -0.39 is 0 Å². The fourth-order valence-electron chi connectivity index (χ4n) is 3.16. The van der Waals surface area contributed by atoms with Gasteiger partial charge in [0.25, 0.3) is 0 Å². The van der Waals surface area contributed by atoms with Gasteiger partial charge >= 0.3 is 0 Å². The lowest BCUT2D eigenvalue weighted by Crippen LogP contribution is -1.98. The second-order valence-corrected chi connectivity index (χ2v) is 7.63. The molecule has 0 unspecified atom stereocenters. The lowest BCUT2D eigenvalue weighted by Gasteiger charge is -2.12. The summed E-state index contributed by atoms with van der Waals surface area (Å²) in [5.41, 5.74) is 6.99. The number of para-hydroxylation sites is 1. The molecule has 0 radical (unpaired) electrons. The Balaban J connectivity index is 1.93. The number of nitrogens with zero attached hydrogens (tertiary/aromatic N) is 2. The van der Waals surface area contributed by atoms with Crippen molar-refractivity contribution in [3.8, 4) is 11.1 Å². The minimum Gasteiger partial charge on any atom is -0.339 e. The van der Waals surface area contributed by atoms with Gasteiger partial charge in [-0.05, 0) is 55.1 Å². The molecule has 0 aliphatic heterocycles. The van der Waals surface area contributed by atoms with Gasteiger partial charge in [0.1, 0.15) is 10.6 Å². The molecule has 0 aliphatic carbocycles. The number of thiophene rings is 1. The molecule has 4 aromatic rings. The van der Waals surface area contributed by atoms with Crippen molar-refractivity contribution in [2.24, 2.45) is 0 Å². The summed E-state index contributed by atoms with van der Waals surface area (Å²) in [4.78, 5) is 9.81. The van der Waals surface area contributed by atoms with Gasteiger partial charge in [-0.3, -0.25) is 0 Å². The first-order valence-electron chi connectivity index (χ1n) is 8.38. The number of rotatable bonds is 3. The monoisotopic (exact) mass is 379 g/mol. The average molecular weight is 380 g/mol. The van der Waals surface area contributed by atoms with Crippen LogP contribution in [0.15, 0.2) is 47.8 Å². The Bertz CT molecular complexity index is 1120. The second-order valence-electron chi connectivity index (χ2n) is 6.43. The van der Waals surface area contributed by atoms with E-state index in [4.69, 9.17) is 11.6 Å². The third-order valence-corrected chi connectivity index (χ3v) is 5.52. The van der Waals surface area contributed by atoms with Crippen molar-refractivity contribution in [2.75, 3.05) is 5.32 Å². The zero-order chi connectivity index (χ0) is 18.3. The molecule has 0 aliphatic rings. The molecule has 130 valence electrons. The quantitative estimate of drug-likeness (QED) is 0.403. The van der Waals surface area contributed by atoms with Crippen LogP contribution >= 0.6 is 22.9 Å². The van der Waals surface area contributed by atoms with Crippen LogP contribution in [0.1, 0.15) is 16.7 Å². The zero-order valence-electron chi connectivity index (χ0n) is 14.8. The predicted molar refractivity (Wildman–Crippen MR) is 112 cm³/mol.